The maximum Gasteiger partial charge on any atom is 0.251 e. The molecule has 1 amide bonds. The van der Waals surface area contributed by atoms with Crippen molar-refractivity contribution in [1.82, 2.24) is 21.3 Å². The summed E-state index contributed by atoms with van der Waals surface area (Å²) in [7, 11) is 0. The van der Waals surface area contributed by atoms with Gasteiger partial charge in [0.05, 0.1) is 29.4 Å². The third-order valence-electron chi connectivity index (χ3n) is 7.90. The summed E-state index contributed by atoms with van der Waals surface area (Å²) in [5, 5.41) is 12.6. The molecular weight excluding hydrogens is 608 g/mol. The molecule has 0 spiro atoms. The van der Waals surface area contributed by atoms with Crippen molar-refractivity contribution in [2.45, 2.75) is 51.2 Å². The van der Waals surface area contributed by atoms with Crippen molar-refractivity contribution in [1.29, 1.82) is 0 Å². The van der Waals surface area contributed by atoms with Crippen molar-refractivity contribution in [3.8, 4) is 5.75 Å². The van der Waals surface area contributed by atoms with E-state index in [4.69, 9.17) is 16.3 Å². The van der Waals surface area contributed by atoms with Gasteiger partial charge in [0.1, 0.15) is 47.5 Å². The zero-order valence-electron chi connectivity index (χ0n) is 25.5. The highest BCUT2D eigenvalue weighted by Crippen LogP contribution is 2.29. The monoisotopic (exact) mass is 642 g/mol. The Kier molecular flexibility index (Phi) is 12.0. The average molecular weight is 643 g/mol. The largest absolute Gasteiger partial charge is 0.488 e. The van der Waals surface area contributed by atoms with E-state index in [0.29, 0.717) is 47.0 Å². The lowest BCUT2D eigenvalue weighted by Gasteiger charge is -2.30. The number of nitrogens with one attached hydrogen (secondary N) is 4. The van der Waals surface area contributed by atoms with E-state index in [9.17, 15) is 24.0 Å². The molecule has 238 valence electrons. The summed E-state index contributed by atoms with van der Waals surface area (Å²) in [5.41, 5.74) is 2.32. The summed E-state index contributed by atoms with van der Waals surface area (Å²) in [5.74, 6) is 7.27. The minimum absolute atomic E-state index is 0.0215. The van der Waals surface area contributed by atoms with Crippen LogP contribution in [0.5, 0.6) is 5.75 Å². The first kappa shape index (κ1) is 33.8. The van der Waals surface area contributed by atoms with Gasteiger partial charge in [0.2, 0.25) is 0 Å². The summed E-state index contributed by atoms with van der Waals surface area (Å²) in [6.45, 7) is 4.30. The zero-order chi connectivity index (χ0) is 33.1. The minimum Gasteiger partial charge on any atom is -0.488 e. The van der Waals surface area contributed by atoms with Gasteiger partial charge in [0, 0.05) is 29.1 Å². The number of carbonyl (C=O) groups is 1. The molecule has 0 saturated carbocycles. The van der Waals surface area contributed by atoms with Crippen LogP contribution in [0.2, 0.25) is 5.02 Å². The standard InChI is InChI=1S/C35H35ClN4O6/c1-22(2)34(40-35(45)26-15-25-16-27(36)8-9-33(25)46-21-26)32(20-44)39-29(14-23-6-4-3-5-7-23)31(19-43)38-28(11-13-41)17-24-10-12-37-30(24)18-42/h3-9,11,15-16,22,24,28-29,34,37-39H,10,12,14,17,21H2,1-2H3,(H,40,45)/t24-,28+,29-,34-/m0/s1. The summed E-state index contributed by atoms with van der Waals surface area (Å²) in [6.07, 6.45) is 4.17. The van der Waals surface area contributed by atoms with Crippen LogP contribution >= 0.6 is 11.6 Å². The molecule has 2 aliphatic rings. The molecule has 0 radical (unpaired) electrons. The van der Waals surface area contributed by atoms with Gasteiger partial charge in [-0.1, -0.05) is 55.8 Å². The molecule has 10 nitrogen and oxygen atoms in total. The van der Waals surface area contributed by atoms with Crippen molar-refractivity contribution < 1.29 is 28.7 Å². The predicted molar refractivity (Wildman–Crippen MR) is 174 cm³/mol. The van der Waals surface area contributed by atoms with E-state index < -0.39 is 24.0 Å². The number of halogens is 1. The Morgan fingerprint density at radius 2 is 1.80 bits per heavy atom. The molecule has 1 saturated heterocycles. The second kappa shape index (κ2) is 16.3. The van der Waals surface area contributed by atoms with Crippen LogP contribution in [0.4, 0.5) is 0 Å². The molecule has 46 heavy (non-hydrogen) atoms. The number of benzene rings is 2. The van der Waals surface area contributed by atoms with Crippen LogP contribution in [0, 0.1) is 11.8 Å². The molecule has 0 aliphatic carbocycles. The van der Waals surface area contributed by atoms with Gasteiger partial charge in [-0.2, -0.15) is 0 Å². The van der Waals surface area contributed by atoms with E-state index in [-0.39, 0.29) is 36.3 Å². The van der Waals surface area contributed by atoms with Gasteiger partial charge in [-0.15, -0.1) is 0 Å². The Bertz CT molecular complexity index is 1660. The van der Waals surface area contributed by atoms with Crippen molar-refractivity contribution in [3.05, 3.63) is 93.4 Å². The fourth-order valence-corrected chi connectivity index (χ4v) is 5.69. The van der Waals surface area contributed by atoms with Crippen LogP contribution in [0.3, 0.4) is 0 Å². The summed E-state index contributed by atoms with van der Waals surface area (Å²) < 4.78 is 5.74. The lowest BCUT2D eigenvalue weighted by atomic mass is 9.95. The Balaban J connectivity index is 1.58. The van der Waals surface area contributed by atoms with Gasteiger partial charge in [-0.25, -0.2) is 19.2 Å². The van der Waals surface area contributed by atoms with E-state index >= 15 is 0 Å². The number of hydrogen-bond donors (Lipinski definition) is 4. The van der Waals surface area contributed by atoms with E-state index in [1.807, 2.05) is 62.0 Å². The SMILES string of the molecule is CC(C)[C@H](NC(=O)C1=Cc2cc(Cl)ccc2OC1)C(=C=O)N[C@@H](Cc1ccccc1)C(=C=O)N[C@H](C=C=O)C[C@@H]1CCNC1=C=O. The third-order valence-corrected chi connectivity index (χ3v) is 8.13. The second-order valence-corrected chi connectivity index (χ2v) is 11.9. The normalized spacial score (nSPS) is 16.7. The molecule has 2 heterocycles. The Hall–Kier alpha value is -5.06. The number of carbonyl (C=O) groups excluding carboxylic acids is 5. The van der Waals surface area contributed by atoms with E-state index in [1.54, 1.807) is 30.2 Å². The first-order valence-corrected chi connectivity index (χ1v) is 15.3. The molecular formula is C35H35ClN4O6. The smallest absolute Gasteiger partial charge is 0.251 e. The second-order valence-electron chi connectivity index (χ2n) is 11.5. The van der Waals surface area contributed by atoms with Gasteiger partial charge in [0.25, 0.3) is 5.91 Å². The Labute approximate surface area is 272 Å². The topological polar surface area (TPSA) is 143 Å². The molecule has 0 aromatic heterocycles. The van der Waals surface area contributed by atoms with E-state index in [2.05, 4.69) is 21.3 Å². The van der Waals surface area contributed by atoms with Gasteiger partial charge < -0.3 is 26.0 Å². The Morgan fingerprint density at radius 1 is 1.04 bits per heavy atom. The van der Waals surface area contributed by atoms with Gasteiger partial charge in [-0.3, -0.25) is 4.79 Å². The van der Waals surface area contributed by atoms with Gasteiger partial charge in [-0.05, 0) is 55.0 Å². The highest BCUT2D eigenvalue weighted by atomic mass is 35.5. The molecule has 2 aliphatic heterocycles. The summed E-state index contributed by atoms with van der Waals surface area (Å²) in [4.78, 5) is 61.1. The number of amides is 1. The van der Waals surface area contributed by atoms with Crippen LogP contribution < -0.4 is 26.0 Å². The number of ether oxygens (including phenoxy) is 1. The molecule has 0 unspecified atom stereocenters. The molecule has 0 bridgehead atoms. The molecule has 2 aromatic carbocycles. The van der Waals surface area contributed by atoms with Crippen LogP contribution in [-0.2, 0) is 30.4 Å². The molecule has 2 aromatic rings. The van der Waals surface area contributed by atoms with Crippen molar-refractivity contribution in [3.63, 3.8) is 0 Å². The summed E-state index contributed by atoms with van der Waals surface area (Å²) >= 11 is 6.12. The minimum atomic E-state index is -0.828. The molecule has 4 rings (SSSR count). The van der Waals surface area contributed by atoms with Crippen LogP contribution in [0.1, 0.15) is 37.8 Å². The number of rotatable bonds is 14. The number of allylic oxidation sites excluding steroid dienone is 1. The molecule has 11 heteroatoms. The van der Waals surface area contributed by atoms with Crippen molar-refractivity contribution >= 4 is 47.3 Å². The maximum atomic E-state index is 13.4. The number of hydrogen-bond acceptors (Lipinski definition) is 9. The number of fused-ring (bicyclic) bond motifs is 1. The molecule has 4 atom stereocenters. The van der Waals surface area contributed by atoms with Crippen molar-refractivity contribution in [2.75, 3.05) is 13.2 Å². The predicted octanol–water partition coefficient (Wildman–Crippen LogP) is 2.95. The first-order valence-electron chi connectivity index (χ1n) is 15.0. The fourth-order valence-electron chi connectivity index (χ4n) is 5.51. The quantitative estimate of drug-likeness (QED) is 0.229. The van der Waals surface area contributed by atoms with Gasteiger partial charge >= 0.3 is 0 Å². The Morgan fingerprint density at radius 3 is 2.48 bits per heavy atom. The summed E-state index contributed by atoms with van der Waals surface area (Å²) in [6, 6.07) is 12.1. The van der Waals surface area contributed by atoms with Crippen LogP contribution in [0.25, 0.3) is 6.08 Å². The fraction of sp³-hybridized carbons (Fsp3) is 0.343. The van der Waals surface area contributed by atoms with E-state index in [0.717, 1.165) is 5.56 Å². The maximum absolute atomic E-state index is 13.4. The molecule has 4 N–H and O–H groups in total. The van der Waals surface area contributed by atoms with Crippen LogP contribution in [0.15, 0.2) is 77.3 Å². The van der Waals surface area contributed by atoms with Crippen LogP contribution in [-0.4, -0.2) is 60.9 Å². The third kappa shape index (κ3) is 8.77. The van der Waals surface area contributed by atoms with Gasteiger partial charge in [0.15, 0.2) is 0 Å². The van der Waals surface area contributed by atoms with Crippen molar-refractivity contribution in [2.24, 2.45) is 11.8 Å². The highest BCUT2D eigenvalue weighted by Gasteiger charge is 2.30. The lowest BCUT2D eigenvalue weighted by Crippen LogP contribution is -2.49. The lowest BCUT2D eigenvalue weighted by molar-refractivity contribution is -0.118. The first-order chi connectivity index (χ1) is 22.3. The average Bonchev–Trinajstić information content (AvgIpc) is 3.51. The van der Waals surface area contributed by atoms with E-state index in [1.165, 1.54) is 6.08 Å². The zero-order valence-corrected chi connectivity index (χ0v) is 26.3. The molecule has 1 fully saturated rings. The highest BCUT2D eigenvalue weighted by molar-refractivity contribution is 6.30.